The molecule has 1 amide bonds. The second kappa shape index (κ2) is 18.0. The second-order valence-corrected chi connectivity index (χ2v) is 15.3. The summed E-state index contributed by atoms with van der Waals surface area (Å²) in [6.45, 7) is 12.3. The van der Waals surface area contributed by atoms with Crippen molar-refractivity contribution in [3.8, 4) is 11.5 Å². The number of hydrogen-bond acceptors (Lipinski definition) is 9. The maximum atomic E-state index is 14.6. The summed E-state index contributed by atoms with van der Waals surface area (Å²) in [5.74, 6) is 0.556. The van der Waals surface area contributed by atoms with Gasteiger partial charge >= 0.3 is 6.09 Å². The van der Waals surface area contributed by atoms with Crippen LogP contribution in [0.5, 0.6) is 11.5 Å². The summed E-state index contributed by atoms with van der Waals surface area (Å²) in [5, 5.41) is 14.6. The van der Waals surface area contributed by atoms with Crippen molar-refractivity contribution in [1.82, 2.24) is 9.62 Å². The van der Waals surface area contributed by atoms with Gasteiger partial charge in [0.05, 0.1) is 45.0 Å². The molecule has 0 unspecified atom stereocenters. The van der Waals surface area contributed by atoms with Gasteiger partial charge in [0.2, 0.25) is 10.0 Å². The Balaban J connectivity index is 1.61. The molecule has 0 spiro atoms. The fraction of sp³-hybridized carbons (Fsp3) is 0.541. The Kier molecular flexibility index (Phi) is 14.1. The van der Waals surface area contributed by atoms with Crippen LogP contribution in [0.2, 0.25) is 0 Å². The number of nitrogens with zero attached hydrogens (tertiary/aromatic N) is 1. The lowest BCUT2D eigenvalue weighted by molar-refractivity contribution is -0.0907. The Hall–Kier alpha value is -3.42. The second-order valence-electron chi connectivity index (χ2n) is 13.4. The number of sulfonamides is 1. The number of rotatable bonds is 20. The highest BCUT2D eigenvalue weighted by atomic mass is 32.2. The van der Waals surface area contributed by atoms with Crippen LogP contribution in [0.3, 0.4) is 0 Å². The number of ether oxygens (including phenoxy) is 5. The number of alkyl carbamates (subject to hydrolysis) is 1. The predicted octanol–water partition coefficient (Wildman–Crippen LogP) is 5.48. The van der Waals surface area contributed by atoms with E-state index in [-0.39, 0.29) is 49.0 Å². The minimum Gasteiger partial charge on any atom is -0.497 e. The van der Waals surface area contributed by atoms with E-state index in [1.54, 1.807) is 18.2 Å². The molecular formula is C37H52N2O9S. The molecule has 2 fully saturated rings. The summed E-state index contributed by atoms with van der Waals surface area (Å²) < 4.78 is 58.7. The van der Waals surface area contributed by atoms with Crippen LogP contribution < -0.4 is 14.8 Å². The monoisotopic (exact) mass is 700 g/mol. The van der Waals surface area contributed by atoms with Gasteiger partial charge in [0.25, 0.3) is 0 Å². The fourth-order valence-electron chi connectivity index (χ4n) is 6.19. The van der Waals surface area contributed by atoms with E-state index in [2.05, 4.69) is 18.5 Å². The molecule has 0 radical (unpaired) electrons. The molecule has 49 heavy (non-hydrogen) atoms. The van der Waals surface area contributed by atoms with Crippen molar-refractivity contribution in [2.24, 2.45) is 11.3 Å². The van der Waals surface area contributed by atoms with Crippen LogP contribution in [0.1, 0.15) is 51.5 Å². The molecule has 5 atom stereocenters. The smallest absolute Gasteiger partial charge is 0.407 e. The third kappa shape index (κ3) is 10.8. The minimum absolute atomic E-state index is 0.0415. The molecule has 2 N–H and O–H groups in total. The third-order valence-corrected chi connectivity index (χ3v) is 10.7. The standard InChI is InChI=1S/C37H52N2O9S/c1-6-8-9-13-20-45-32-23-28(44-5)16-17-34(32)49(42,43)39(26-37(3,4)19-7-2)24-31(40)30(22-27-14-11-10-12-15-27)38-36(41)48-33-25-47-35-29(33)18-21-46-35/h6-7,10-12,14-17,23,29-31,33,35,40H,1-2,8-9,13,18-22,24-26H2,3-5H3,(H,38,41)/t29-,30-,31+,33-,35+/m0/s1. The van der Waals surface area contributed by atoms with Crippen molar-refractivity contribution >= 4 is 16.1 Å². The summed E-state index contributed by atoms with van der Waals surface area (Å²) in [4.78, 5) is 13.2. The van der Waals surface area contributed by atoms with E-state index in [1.165, 1.54) is 17.5 Å². The summed E-state index contributed by atoms with van der Waals surface area (Å²) >= 11 is 0. The lowest BCUT2D eigenvalue weighted by Crippen LogP contribution is -2.52. The van der Waals surface area contributed by atoms with Gasteiger partial charge in [-0.3, -0.25) is 0 Å². The first-order chi connectivity index (χ1) is 23.5. The van der Waals surface area contributed by atoms with Crippen LogP contribution in [0.15, 0.2) is 78.7 Å². The zero-order valence-corrected chi connectivity index (χ0v) is 29.7. The molecule has 2 saturated heterocycles. The average Bonchev–Trinajstić information content (AvgIpc) is 3.69. The van der Waals surface area contributed by atoms with Crippen molar-refractivity contribution in [2.45, 2.75) is 81.8 Å². The number of hydrogen-bond donors (Lipinski definition) is 2. The van der Waals surface area contributed by atoms with Gasteiger partial charge in [0.15, 0.2) is 6.29 Å². The molecule has 2 aromatic carbocycles. The fourth-order valence-corrected chi connectivity index (χ4v) is 7.95. The Morgan fingerprint density at radius 3 is 2.63 bits per heavy atom. The van der Waals surface area contributed by atoms with Crippen LogP contribution in [0.25, 0.3) is 0 Å². The highest BCUT2D eigenvalue weighted by Gasteiger charge is 2.44. The van der Waals surface area contributed by atoms with Crippen molar-refractivity contribution in [3.63, 3.8) is 0 Å². The summed E-state index contributed by atoms with van der Waals surface area (Å²) in [7, 11) is -2.74. The first-order valence-corrected chi connectivity index (χ1v) is 18.4. The van der Waals surface area contributed by atoms with E-state index in [1.807, 2.05) is 50.3 Å². The highest BCUT2D eigenvalue weighted by molar-refractivity contribution is 7.89. The number of carbonyl (C=O) groups excluding carboxylic acids is 1. The zero-order chi connectivity index (χ0) is 35.4. The van der Waals surface area contributed by atoms with Crippen molar-refractivity contribution < 1.29 is 42.0 Å². The molecule has 0 aliphatic carbocycles. The third-order valence-electron chi connectivity index (χ3n) is 8.83. The van der Waals surface area contributed by atoms with Crippen LogP contribution >= 0.6 is 0 Å². The number of allylic oxidation sites excluding steroid dienone is 2. The topological polar surface area (TPSA) is 133 Å². The van der Waals surface area contributed by atoms with Crippen LogP contribution in [0, 0.1) is 11.3 Å². The minimum atomic E-state index is -4.25. The molecule has 2 aliphatic rings. The van der Waals surface area contributed by atoms with E-state index in [0.29, 0.717) is 31.8 Å². The highest BCUT2D eigenvalue weighted by Crippen LogP contribution is 2.35. The van der Waals surface area contributed by atoms with Crippen LogP contribution in [-0.2, 0) is 30.7 Å². The van der Waals surface area contributed by atoms with Crippen molar-refractivity contribution in [1.29, 1.82) is 0 Å². The molecule has 2 heterocycles. The van der Waals surface area contributed by atoms with Gasteiger partial charge in [-0.15, -0.1) is 13.2 Å². The van der Waals surface area contributed by atoms with Crippen LogP contribution in [-0.4, -0.2) is 88.5 Å². The van der Waals surface area contributed by atoms with Crippen molar-refractivity contribution in [3.05, 3.63) is 79.4 Å². The quantitative estimate of drug-likeness (QED) is 0.136. The molecule has 2 aliphatic heterocycles. The van der Waals surface area contributed by atoms with E-state index in [9.17, 15) is 18.3 Å². The maximum absolute atomic E-state index is 14.6. The normalized spacial score (nSPS) is 20.3. The predicted molar refractivity (Wildman–Crippen MR) is 187 cm³/mol. The van der Waals surface area contributed by atoms with Gasteiger partial charge < -0.3 is 34.1 Å². The Bertz CT molecular complexity index is 1480. The molecule has 0 saturated carbocycles. The maximum Gasteiger partial charge on any atom is 0.407 e. The number of aliphatic hydroxyl groups excluding tert-OH is 1. The molecule has 12 heteroatoms. The first-order valence-electron chi connectivity index (χ1n) is 16.9. The SMILES string of the molecule is C=CCCCCOc1cc(OC)ccc1S(=O)(=O)N(C[C@@H](O)[C@H](Cc1ccccc1)NC(=O)O[C@H]1CO[C@H]2OCC[C@H]21)CC(C)(C)CC=C. The van der Waals surface area contributed by atoms with Gasteiger partial charge in [-0.1, -0.05) is 56.3 Å². The van der Waals surface area contributed by atoms with Crippen molar-refractivity contribution in [2.75, 3.05) is 40.0 Å². The lowest BCUT2D eigenvalue weighted by atomic mass is 9.89. The first kappa shape index (κ1) is 38.4. The largest absolute Gasteiger partial charge is 0.497 e. The number of fused-ring (bicyclic) bond motifs is 1. The van der Waals surface area contributed by atoms with E-state index >= 15 is 0 Å². The molecule has 0 bridgehead atoms. The number of unbranched alkanes of at least 4 members (excludes halogenated alkanes) is 2. The van der Waals surface area contributed by atoms with Gasteiger partial charge in [-0.2, -0.15) is 4.31 Å². The van der Waals surface area contributed by atoms with Gasteiger partial charge in [-0.25, -0.2) is 13.2 Å². The molecule has 0 aromatic heterocycles. The zero-order valence-electron chi connectivity index (χ0n) is 28.9. The number of amides is 1. The number of carbonyl (C=O) groups is 1. The number of nitrogens with one attached hydrogen (secondary N) is 1. The number of aliphatic hydroxyl groups is 1. The van der Waals surface area contributed by atoms with Gasteiger partial charge in [0, 0.05) is 19.2 Å². The number of methoxy groups -OCH3 is 1. The van der Waals surface area contributed by atoms with E-state index in [4.69, 9.17) is 23.7 Å². The van der Waals surface area contributed by atoms with Gasteiger partial charge in [-0.05, 0) is 61.6 Å². The average molecular weight is 701 g/mol. The van der Waals surface area contributed by atoms with E-state index < -0.39 is 39.8 Å². The van der Waals surface area contributed by atoms with Crippen LogP contribution in [0.4, 0.5) is 4.79 Å². The Morgan fingerprint density at radius 1 is 1.14 bits per heavy atom. The molecule has 4 rings (SSSR count). The van der Waals surface area contributed by atoms with E-state index in [0.717, 1.165) is 24.8 Å². The summed E-state index contributed by atoms with van der Waals surface area (Å²) in [6, 6.07) is 13.1. The van der Waals surface area contributed by atoms with Gasteiger partial charge in [0.1, 0.15) is 22.5 Å². The molecule has 11 nitrogen and oxygen atoms in total. The number of benzene rings is 2. The molecule has 2 aromatic rings. The summed E-state index contributed by atoms with van der Waals surface area (Å²) in [5.41, 5.74) is 0.320. The lowest BCUT2D eigenvalue weighted by Gasteiger charge is -2.35. The molecular weight excluding hydrogens is 648 g/mol. The molecule has 270 valence electrons. The Morgan fingerprint density at radius 2 is 1.92 bits per heavy atom. The summed E-state index contributed by atoms with van der Waals surface area (Å²) in [6.07, 6.45) is 4.54. The Labute approximate surface area is 291 Å².